The summed E-state index contributed by atoms with van der Waals surface area (Å²) in [5.74, 6) is 0.753. The van der Waals surface area contributed by atoms with E-state index in [2.05, 4.69) is 4.72 Å². The standard InChI is InChI=1S/C13H14ClNO4S/c1-9(11-4-3-7-19-11)15-20(16,17)13-8-10(14)5-6-12(13)18-2/h3-9,15H,1-2H3. The number of nitrogens with one attached hydrogen (secondary N) is 1. The number of hydrogen-bond donors (Lipinski definition) is 1. The number of sulfonamides is 1. The molecule has 1 aromatic heterocycles. The number of ether oxygens (including phenoxy) is 1. The zero-order chi connectivity index (χ0) is 14.8. The van der Waals surface area contributed by atoms with E-state index in [1.165, 1.54) is 25.5 Å². The van der Waals surface area contributed by atoms with E-state index in [0.29, 0.717) is 10.8 Å². The summed E-state index contributed by atoms with van der Waals surface area (Å²) in [6.07, 6.45) is 1.49. The van der Waals surface area contributed by atoms with Gasteiger partial charge in [0.25, 0.3) is 0 Å². The van der Waals surface area contributed by atoms with Crippen molar-refractivity contribution in [1.82, 2.24) is 4.72 Å². The Bertz CT molecular complexity index is 682. The first kappa shape index (κ1) is 14.9. The minimum Gasteiger partial charge on any atom is -0.495 e. The minimum atomic E-state index is -3.77. The number of furan rings is 1. The first-order chi connectivity index (χ1) is 9.44. The molecule has 0 saturated heterocycles. The third-order valence-electron chi connectivity index (χ3n) is 2.72. The van der Waals surface area contributed by atoms with Gasteiger partial charge in [0, 0.05) is 5.02 Å². The first-order valence-corrected chi connectivity index (χ1v) is 7.69. The van der Waals surface area contributed by atoms with Crippen LogP contribution < -0.4 is 9.46 Å². The van der Waals surface area contributed by atoms with Gasteiger partial charge in [-0.15, -0.1) is 0 Å². The van der Waals surface area contributed by atoms with Crippen LogP contribution in [0.2, 0.25) is 5.02 Å². The molecule has 1 N–H and O–H groups in total. The summed E-state index contributed by atoms with van der Waals surface area (Å²) in [5.41, 5.74) is 0. The van der Waals surface area contributed by atoms with Gasteiger partial charge >= 0.3 is 0 Å². The molecule has 1 atom stereocenters. The van der Waals surface area contributed by atoms with Crippen LogP contribution >= 0.6 is 11.6 Å². The average Bonchev–Trinajstić information content (AvgIpc) is 2.92. The maximum absolute atomic E-state index is 12.4. The SMILES string of the molecule is COc1ccc(Cl)cc1S(=O)(=O)NC(C)c1ccco1. The lowest BCUT2D eigenvalue weighted by Crippen LogP contribution is -2.27. The Morgan fingerprint density at radius 3 is 2.70 bits per heavy atom. The topological polar surface area (TPSA) is 68.5 Å². The number of halogens is 1. The highest BCUT2D eigenvalue weighted by Crippen LogP contribution is 2.28. The van der Waals surface area contributed by atoms with Gasteiger partial charge < -0.3 is 9.15 Å². The fourth-order valence-corrected chi connectivity index (χ4v) is 3.40. The fourth-order valence-electron chi connectivity index (χ4n) is 1.75. The van der Waals surface area contributed by atoms with Crippen LogP contribution in [0.5, 0.6) is 5.75 Å². The second-order valence-electron chi connectivity index (χ2n) is 4.15. The highest BCUT2D eigenvalue weighted by molar-refractivity contribution is 7.89. The van der Waals surface area contributed by atoms with Gasteiger partial charge in [0.1, 0.15) is 16.4 Å². The molecule has 5 nitrogen and oxygen atoms in total. The molecular formula is C13H14ClNO4S. The van der Waals surface area contributed by atoms with E-state index in [9.17, 15) is 8.42 Å². The monoisotopic (exact) mass is 315 g/mol. The predicted octanol–water partition coefficient (Wildman–Crippen LogP) is 2.98. The second-order valence-corrected chi connectivity index (χ2v) is 6.27. The Hall–Kier alpha value is -1.50. The Kier molecular flexibility index (Phi) is 4.37. The highest BCUT2D eigenvalue weighted by Gasteiger charge is 2.23. The van der Waals surface area contributed by atoms with E-state index in [1.807, 2.05) is 0 Å². The van der Waals surface area contributed by atoms with E-state index in [1.54, 1.807) is 25.1 Å². The van der Waals surface area contributed by atoms with E-state index in [0.717, 1.165) is 0 Å². The Morgan fingerprint density at radius 1 is 1.35 bits per heavy atom. The molecule has 0 fully saturated rings. The van der Waals surface area contributed by atoms with E-state index < -0.39 is 16.1 Å². The van der Waals surface area contributed by atoms with Crippen LogP contribution in [-0.2, 0) is 10.0 Å². The van der Waals surface area contributed by atoms with Crippen molar-refractivity contribution >= 4 is 21.6 Å². The number of benzene rings is 1. The molecule has 2 rings (SSSR count). The van der Waals surface area contributed by atoms with E-state index >= 15 is 0 Å². The summed E-state index contributed by atoms with van der Waals surface area (Å²) < 4.78 is 37.5. The summed E-state index contributed by atoms with van der Waals surface area (Å²) in [7, 11) is -2.37. The molecule has 0 aliphatic carbocycles. The van der Waals surface area contributed by atoms with Crippen molar-refractivity contribution in [3.63, 3.8) is 0 Å². The second kappa shape index (κ2) is 5.87. The molecule has 1 unspecified atom stereocenters. The minimum absolute atomic E-state index is 0.00842. The lowest BCUT2D eigenvalue weighted by molar-refractivity contribution is 0.401. The summed E-state index contributed by atoms with van der Waals surface area (Å²) in [4.78, 5) is -0.00842. The van der Waals surface area contributed by atoms with Gasteiger partial charge in [0.15, 0.2) is 0 Å². The molecule has 20 heavy (non-hydrogen) atoms. The van der Waals surface area contributed by atoms with Gasteiger partial charge in [-0.25, -0.2) is 13.1 Å². The maximum atomic E-state index is 12.4. The molecule has 0 aliphatic heterocycles. The lowest BCUT2D eigenvalue weighted by Gasteiger charge is -2.14. The van der Waals surface area contributed by atoms with Crippen molar-refractivity contribution in [2.75, 3.05) is 7.11 Å². The maximum Gasteiger partial charge on any atom is 0.244 e. The average molecular weight is 316 g/mol. The first-order valence-electron chi connectivity index (χ1n) is 5.83. The van der Waals surface area contributed by atoms with Gasteiger partial charge in [-0.05, 0) is 37.3 Å². The zero-order valence-corrected chi connectivity index (χ0v) is 12.5. The largest absolute Gasteiger partial charge is 0.495 e. The van der Waals surface area contributed by atoms with Crippen LogP contribution in [0.3, 0.4) is 0 Å². The van der Waals surface area contributed by atoms with Crippen LogP contribution in [0.25, 0.3) is 0 Å². The number of methoxy groups -OCH3 is 1. The van der Waals surface area contributed by atoms with Crippen LogP contribution in [-0.4, -0.2) is 15.5 Å². The van der Waals surface area contributed by atoms with E-state index in [4.69, 9.17) is 20.8 Å². The van der Waals surface area contributed by atoms with Crippen molar-refractivity contribution in [1.29, 1.82) is 0 Å². The normalized spacial score (nSPS) is 13.2. The molecule has 0 spiro atoms. The zero-order valence-electron chi connectivity index (χ0n) is 11.0. The van der Waals surface area contributed by atoms with E-state index in [-0.39, 0.29) is 10.6 Å². The molecule has 2 aromatic rings. The Balaban J connectivity index is 2.33. The quantitative estimate of drug-likeness (QED) is 0.921. The molecule has 0 radical (unpaired) electrons. The fraction of sp³-hybridized carbons (Fsp3) is 0.231. The molecule has 0 saturated carbocycles. The van der Waals surface area contributed by atoms with Crippen molar-refractivity contribution < 1.29 is 17.6 Å². The van der Waals surface area contributed by atoms with Crippen molar-refractivity contribution in [2.45, 2.75) is 17.9 Å². The summed E-state index contributed by atoms with van der Waals surface area (Å²) in [5, 5.41) is 0.317. The Labute approximate surface area is 122 Å². The van der Waals surface area contributed by atoms with Gasteiger partial charge in [0.2, 0.25) is 10.0 Å². The van der Waals surface area contributed by atoms with Gasteiger partial charge in [0.05, 0.1) is 19.4 Å². The summed E-state index contributed by atoms with van der Waals surface area (Å²) >= 11 is 5.85. The third kappa shape index (κ3) is 3.15. The summed E-state index contributed by atoms with van der Waals surface area (Å²) in [6.45, 7) is 1.69. The van der Waals surface area contributed by atoms with Crippen molar-refractivity contribution in [3.05, 3.63) is 47.4 Å². The lowest BCUT2D eigenvalue weighted by atomic mass is 10.3. The Morgan fingerprint density at radius 2 is 2.10 bits per heavy atom. The molecule has 7 heteroatoms. The van der Waals surface area contributed by atoms with Crippen molar-refractivity contribution in [3.8, 4) is 5.75 Å². The molecule has 108 valence electrons. The third-order valence-corrected chi connectivity index (χ3v) is 4.51. The van der Waals surface area contributed by atoms with Gasteiger partial charge in [-0.1, -0.05) is 11.6 Å². The van der Waals surface area contributed by atoms with Crippen molar-refractivity contribution in [2.24, 2.45) is 0 Å². The molecule has 0 amide bonds. The van der Waals surface area contributed by atoms with Gasteiger partial charge in [-0.2, -0.15) is 0 Å². The van der Waals surface area contributed by atoms with Crippen LogP contribution in [0.15, 0.2) is 45.9 Å². The van der Waals surface area contributed by atoms with Crippen LogP contribution in [0, 0.1) is 0 Å². The smallest absolute Gasteiger partial charge is 0.244 e. The molecule has 0 aliphatic rings. The number of hydrogen-bond acceptors (Lipinski definition) is 4. The molecular weight excluding hydrogens is 302 g/mol. The number of rotatable bonds is 5. The molecule has 1 heterocycles. The van der Waals surface area contributed by atoms with Crippen LogP contribution in [0.1, 0.15) is 18.7 Å². The molecule has 1 aromatic carbocycles. The van der Waals surface area contributed by atoms with Crippen LogP contribution in [0.4, 0.5) is 0 Å². The summed E-state index contributed by atoms with van der Waals surface area (Å²) in [6, 6.07) is 7.31. The van der Waals surface area contributed by atoms with Gasteiger partial charge in [-0.3, -0.25) is 0 Å². The molecule has 0 bridgehead atoms. The predicted molar refractivity (Wildman–Crippen MR) is 75.4 cm³/mol. The highest BCUT2D eigenvalue weighted by atomic mass is 35.5.